The number of rotatable bonds is 1. The van der Waals surface area contributed by atoms with E-state index in [1.165, 1.54) is 12.6 Å². The van der Waals surface area contributed by atoms with Crippen molar-refractivity contribution in [2.45, 2.75) is 19.3 Å². The number of aromatic nitrogens is 3. The van der Waals surface area contributed by atoms with Gasteiger partial charge in [-0.1, -0.05) is 12.1 Å². The number of carbonyl (C=O) groups excluding carboxylic acids is 2. The molecule has 3 amide bonds. The first-order valence-corrected chi connectivity index (χ1v) is 10.5. The summed E-state index contributed by atoms with van der Waals surface area (Å²) in [7, 11) is 0. The molecule has 0 atom stereocenters. The van der Waals surface area contributed by atoms with Crippen molar-refractivity contribution < 1.29 is 9.59 Å². The molecule has 0 saturated carbocycles. The van der Waals surface area contributed by atoms with Crippen LogP contribution in [0.1, 0.15) is 29.6 Å². The fourth-order valence-corrected chi connectivity index (χ4v) is 4.39. The number of hydrogen-bond acceptors (Lipinski definition) is 4. The normalized spacial score (nSPS) is 17.7. The Balaban J connectivity index is 1.34. The monoisotopic (exact) mass is 408 g/mol. The first-order chi connectivity index (χ1) is 14.6. The smallest absolute Gasteiger partial charge is 0.320 e. The molecule has 2 saturated heterocycles. The van der Waals surface area contributed by atoms with Gasteiger partial charge in [-0.25, -0.2) is 9.31 Å². The number of amides is 3. The molecule has 0 aliphatic carbocycles. The molecule has 0 unspecified atom stereocenters. The van der Waals surface area contributed by atoms with Crippen LogP contribution in [-0.4, -0.2) is 80.5 Å². The van der Waals surface area contributed by atoms with Gasteiger partial charge in [0, 0.05) is 39.3 Å². The third-order valence-corrected chi connectivity index (χ3v) is 6.07. The van der Waals surface area contributed by atoms with E-state index in [9.17, 15) is 14.4 Å². The van der Waals surface area contributed by atoms with E-state index in [0.29, 0.717) is 48.3 Å². The number of nitrogens with one attached hydrogen (secondary N) is 1. The van der Waals surface area contributed by atoms with E-state index in [1.54, 1.807) is 21.5 Å². The van der Waals surface area contributed by atoms with Gasteiger partial charge in [0.2, 0.25) is 0 Å². The van der Waals surface area contributed by atoms with Crippen molar-refractivity contribution in [3.63, 3.8) is 0 Å². The molecule has 9 nitrogen and oxygen atoms in total. The minimum Gasteiger partial charge on any atom is -0.335 e. The van der Waals surface area contributed by atoms with Gasteiger partial charge in [0.25, 0.3) is 11.5 Å². The van der Waals surface area contributed by atoms with Crippen molar-refractivity contribution in [3.8, 4) is 0 Å². The van der Waals surface area contributed by atoms with E-state index in [4.69, 9.17) is 0 Å². The molecule has 1 aromatic carbocycles. The van der Waals surface area contributed by atoms with Gasteiger partial charge in [0.1, 0.15) is 11.2 Å². The second-order valence-corrected chi connectivity index (χ2v) is 7.90. The lowest BCUT2D eigenvalue weighted by Crippen LogP contribution is -2.54. The molecule has 0 spiro atoms. The topological polar surface area (TPSA) is 94.0 Å². The summed E-state index contributed by atoms with van der Waals surface area (Å²) in [4.78, 5) is 46.5. The van der Waals surface area contributed by atoms with Crippen molar-refractivity contribution in [1.29, 1.82) is 0 Å². The van der Waals surface area contributed by atoms with Crippen LogP contribution in [0.5, 0.6) is 0 Å². The Morgan fingerprint density at radius 1 is 0.867 bits per heavy atom. The molecule has 2 aliphatic heterocycles. The summed E-state index contributed by atoms with van der Waals surface area (Å²) in [6, 6.07) is 7.25. The predicted octanol–water partition coefficient (Wildman–Crippen LogP) is 1.54. The number of para-hydroxylation sites is 1. The number of aromatic amines is 1. The van der Waals surface area contributed by atoms with Crippen LogP contribution in [0.4, 0.5) is 4.79 Å². The molecule has 9 heteroatoms. The number of nitrogens with zero attached hydrogens (tertiary/aromatic N) is 5. The van der Waals surface area contributed by atoms with Crippen LogP contribution in [0.15, 0.2) is 35.3 Å². The summed E-state index contributed by atoms with van der Waals surface area (Å²) in [5, 5.41) is 4.86. The van der Waals surface area contributed by atoms with E-state index in [-0.39, 0.29) is 17.5 Å². The molecule has 0 bridgehead atoms. The fraction of sp³-hybridized carbons (Fsp3) is 0.429. The first-order valence-electron chi connectivity index (χ1n) is 10.5. The van der Waals surface area contributed by atoms with Crippen molar-refractivity contribution in [1.82, 2.24) is 29.3 Å². The third-order valence-electron chi connectivity index (χ3n) is 6.07. The summed E-state index contributed by atoms with van der Waals surface area (Å²) in [5.41, 5.74) is 1.18. The second-order valence-electron chi connectivity index (χ2n) is 7.90. The number of piperidine rings is 1. The van der Waals surface area contributed by atoms with Crippen LogP contribution in [0.3, 0.4) is 0 Å². The Labute approximate surface area is 172 Å². The van der Waals surface area contributed by atoms with Crippen molar-refractivity contribution in [2.75, 3.05) is 39.3 Å². The maximum Gasteiger partial charge on any atom is 0.320 e. The molecule has 2 fully saturated rings. The first kappa shape index (κ1) is 18.7. The third kappa shape index (κ3) is 3.10. The molecular weight excluding hydrogens is 384 g/mol. The molecule has 1 N–H and O–H groups in total. The minimum atomic E-state index is -0.246. The van der Waals surface area contributed by atoms with E-state index >= 15 is 0 Å². The maximum atomic E-state index is 13.1. The molecular formula is C21H24N6O3. The highest BCUT2D eigenvalue weighted by atomic mass is 16.2. The lowest BCUT2D eigenvalue weighted by Gasteiger charge is -2.38. The van der Waals surface area contributed by atoms with Crippen LogP contribution in [-0.2, 0) is 0 Å². The van der Waals surface area contributed by atoms with Gasteiger partial charge < -0.3 is 19.7 Å². The Bertz CT molecular complexity index is 1170. The van der Waals surface area contributed by atoms with Gasteiger partial charge in [0.15, 0.2) is 0 Å². The van der Waals surface area contributed by atoms with Crippen LogP contribution in [0.25, 0.3) is 16.6 Å². The number of likely N-dealkylation sites (tertiary alicyclic amines) is 1. The Morgan fingerprint density at radius 3 is 2.30 bits per heavy atom. The zero-order valence-corrected chi connectivity index (χ0v) is 16.7. The number of carbonyl (C=O) groups is 2. The lowest BCUT2D eigenvalue weighted by atomic mass is 10.1. The molecule has 156 valence electrons. The van der Waals surface area contributed by atoms with E-state index in [0.717, 1.165) is 25.9 Å². The summed E-state index contributed by atoms with van der Waals surface area (Å²) in [5.74, 6) is -0.180. The number of hydrogen-bond donors (Lipinski definition) is 1. The molecule has 2 aromatic heterocycles. The zero-order valence-electron chi connectivity index (χ0n) is 16.7. The minimum absolute atomic E-state index is 0.0774. The van der Waals surface area contributed by atoms with Gasteiger partial charge in [-0.2, -0.15) is 5.10 Å². The van der Waals surface area contributed by atoms with Gasteiger partial charge in [-0.3, -0.25) is 9.59 Å². The van der Waals surface area contributed by atoms with Crippen molar-refractivity contribution in [3.05, 3.63) is 46.4 Å². The largest absolute Gasteiger partial charge is 0.335 e. The second kappa shape index (κ2) is 7.47. The molecule has 0 radical (unpaired) electrons. The summed E-state index contributed by atoms with van der Waals surface area (Å²) in [6.45, 7) is 3.60. The number of piperazine rings is 1. The Hall–Kier alpha value is -3.36. The molecule has 30 heavy (non-hydrogen) atoms. The maximum absolute atomic E-state index is 13.1. The van der Waals surface area contributed by atoms with Crippen molar-refractivity contribution in [2.24, 2.45) is 0 Å². The average molecular weight is 408 g/mol. The van der Waals surface area contributed by atoms with Gasteiger partial charge in [-0.05, 0) is 31.4 Å². The van der Waals surface area contributed by atoms with Gasteiger partial charge in [0.05, 0.1) is 17.1 Å². The lowest BCUT2D eigenvalue weighted by molar-refractivity contribution is 0.0634. The summed E-state index contributed by atoms with van der Waals surface area (Å²) >= 11 is 0. The van der Waals surface area contributed by atoms with E-state index < -0.39 is 0 Å². The highest BCUT2D eigenvalue weighted by Crippen LogP contribution is 2.18. The summed E-state index contributed by atoms with van der Waals surface area (Å²) < 4.78 is 1.60. The van der Waals surface area contributed by atoms with Crippen LogP contribution in [0.2, 0.25) is 0 Å². The summed E-state index contributed by atoms with van der Waals surface area (Å²) in [6.07, 6.45) is 4.81. The standard InChI is InChI=1S/C21H24N6O3/c28-19-15-6-2-3-7-17(15)27-18(23-19)16(14-22-27)20(29)24-10-12-26(13-11-24)21(30)25-8-4-1-5-9-25/h2-3,6-7,14H,1,4-5,8-13H2,(H,23,28). The quantitative estimate of drug-likeness (QED) is 0.661. The Morgan fingerprint density at radius 2 is 1.53 bits per heavy atom. The van der Waals surface area contributed by atoms with Gasteiger partial charge in [-0.15, -0.1) is 0 Å². The fourth-order valence-electron chi connectivity index (χ4n) is 4.39. The highest BCUT2D eigenvalue weighted by molar-refractivity contribution is 6.00. The Kier molecular flexibility index (Phi) is 4.65. The molecule has 2 aliphatic rings. The van der Waals surface area contributed by atoms with Crippen LogP contribution < -0.4 is 5.56 Å². The van der Waals surface area contributed by atoms with Crippen LogP contribution >= 0.6 is 0 Å². The van der Waals surface area contributed by atoms with E-state index in [1.807, 2.05) is 21.9 Å². The SMILES string of the molecule is O=C(c1cnn2c1[nH]c(=O)c1ccccc12)N1CCN(C(=O)N2CCCCC2)CC1. The molecule has 3 aromatic rings. The number of H-pyrrole nitrogens is 1. The number of benzene rings is 1. The zero-order chi connectivity index (χ0) is 20.7. The van der Waals surface area contributed by atoms with Gasteiger partial charge >= 0.3 is 6.03 Å². The highest BCUT2D eigenvalue weighted by Gasteiger charge is 2.29. The average Bonchev–Trinajstić information content (AvgIpc) is 3.23. The van der Waals surface area contributed by atoms with Crippen LogP contribution in [0, 0.1) is 0 Å². The molecule has 5 rings (SSSR count). The predicted molar refractivity (Wildman–Crippen MR) is 112 cm³/mol. The van der Waals surface area contributed by atoms with Crippen molar-refractivity contribution >= 4 is 28.5 Å². The number of fused-ring (bicyclic) bond motifs is 3. The van der Waals surface area contributed by atoms with E-state index in [2.05, 4.69) is 10.1 Å². The molecule has 4 heterocycles. The number of urea groups is 1.